The highest BCUT2D eigenvalue weighted by Crippen LogP contribution is 2.36. The van der Waals surface area contributed by atoms with E-state index in [9.17, 15) is 20.1 Å². The van der Waals surface area contributed by atoms with E-state index in [4.69, 9.17) is 4.42 Å². The molecule has 0 saturated carbocycles. The van der Waals surface area contributed by atoms with Crippen molar-refractivity contribution in [2.45, 2.75) is 63.2 Å². The quantitative estimate of drug-likeness (QED) is 0.0568. The smallest absolute Gasteiger partial charge is 0.248 e. The Morgan fingerprint density at radius 3 is 2.15 bits per heavy atom. The Bertz CT molecular complexity index is 1750. The Balaban J connectivity index is 0.982. The first-order chi connectivity index (χ1) is 23.2. The van der Waals surface area contributed by atoms with Crippen LogP contribution in [-0.4, -0.2) is 63.5 Å². The number of phenolic OH excluding ortho intramolecular Hbond substituents is 1. The van der Waals surface area contributed by atoms with Crippen LogP contribution in [-0.2, 0) is 12.1 Å². The predicted molar refractivity (Wildman–Crippen MR) is 189 cm³/mol. The zero-order valence-corrected chi connectivity index (χ0v) is 28.1. The van der Waals surface area contributed by atoms with Gasteiger partial charge < -0.3 is 34.5 Å². The average Bonchev–Trinajstić information content (AvgIpc) is 3.56. The highest BCUT2D eigenvalue weighted by molar-refractivity contribution is 5.87. The van der Waals surface area contributed by atoms with Gasteiger partial charge in [-0.05, 0) is 54.6 Å². The van der Waals surface area contributed by atoms with Crippen LogP contribution in [0, 0.1) is 0 Å². The van der Waals surface area contributed by atoms with Gasteiger partial charge in [-0.25, -0.2) is 4.98 Å². The molecule has 0 aliphatic rings. The summed E-state index contributed by atoms with van der Waals surface area (Å²) in [4.78, 5) is 18.8. The number of hydrogen-bond donors (Lipinski definition) is 5. The number of unbranched alkanes of at least 4 members (excludes halogenated alkanes) is 6. The van der Waals surface area contributed by atoms with Gasteiger partial charge in [0, 0.05) is 18.0 Å². The van der Waals surface area contributed by atoms with Gasteiger partial charge in [0.2, 0.25) is 11.4 Å². The van der Waals surface area contributed by atoms with E-state index in [0.29, 0.717) is 40.7 Å². The lowest BCUT2D eigenvalue weighted by atomic mass is 9.86. The summed E-state index contributed by atoms with van der Waals surface area (Å²) in [6.07, 6.45) is 9.10. The summed E-state index contributed by atoms with van der Waals surface area (Å²) in [5, 5.41) is 36.7. The number of nitrogens with one attached hydrogen (secondary N) is 2. The summed E-state index contributed by atoms with van der Waals surface area (Å²) in [6.45, 7) is 2.95. The number of aliphatic hydroxyl groups is 2. The molecule has 0 bridgehead atoms. The number of nitrogens with zero attached hydrogens (tertiary/aromatic N) is 2. The van der Waals surface area contributed by atoms with Crippen LogP contribution < -0.4 is 10.9 Å². The maximum absolute atomic E-state index is 12.0. The maximum Gasteiger partial charge on any atom is 0.248 e. The Kier molecular flexibility index (Phi) is 11.8. The summed E-state index contributed by atoms with van der Waals surface area (Å²) in [5.41, 5.74) is 0.699. The van der Waals surface area contributed by atoms with Crippen LogP contribution in [0.5, 0.6) is 5.75 Å². The summed E-state index contributed by atoms with van der Waals surface area (Å²) in [6, 6.07) is 25.3. The average molecular weight is 654 g/mol. The topological polar surface area (TPSA) is 132 Å². The van der Waals surface area contributed by atoms with Crippen LogP contribution in [0.2, 0.25) is 0 Å². The van der Waals surface area contributed by atoms with Crippen molar-refractivity contribution in [1.82, 2.24) is 15.3 Å². The molecule has 48 heavy (non-hydrogen) atoms. The van der Waals surface area contributed by atoms with E-state index in [1.807, 2.05) is 60.7 Å². The van der Waals surface area contributed by atoms with Crippen molar-refractivity contribution in [3.8, 4) is 5.75 Å². The normalized spacial score (nSPS) is 12.8. The van der Waals surface area contributed by atoms with Gasteiger partial charge in [0.05, 0.1) is 38.5 Å². The molecule has 0 saturated heterocycles. The van der Waals surface area contributed by atoms with Crippen molar-refractivity contribution in [3.05, 3.63) is 130 Å². The lowest BCUT2D eigenvalue weighted by Crippen LogP contribution is -2.39. The number of quaternary nitrogens is 1. The van der Waals surface area contributed by atoms with Crippen LogP contribution in [0.3, 0.4) is 0 Å². The van der Waals surface area contributed by atoms with Gasteiger partial charge in [-0.3, -0.25) is 4.79 Å². The van der Waals surface area contributed by atoms with Crippen molar-refractivity contribution in [1.29, 1.82) is 0 Å². The van der Waals surface area contributed by atoms with Crippen molar-refractivity contribution in [2.24, 2.45) is 0 Å². The molecule has 5 rings (SSSR count). The standard InChI is InChI=1S/C39H48N4O5/c1-43(2,28-31-26-41-38(48-31)39(47,29-16-10-8-11-17-29)30-18-12-9-13-19-30)25-15-7-5-3-4-6-14-24-40-27-35(45)32-20-22-34(44)37-33(32)21-23-36(46)42-37/h8-13,16-23,26,35,40,45,47H,3-7,14-15,24-25,27-28H2,1-2H3,(H-,42,44,46)/p+1/t35-/m1/s1. The molecule has 0 aliphatic heterocycles. The predicted octanol–water partition coefficient (Wildman–Crippen LogP) is 6.14. The zero-order chi connectivity index (χ0) is 34.0. The third-order valence-electron chi connectivity index (χ3n) is 9.05. The Hall–Kier alpha value is -4.28. The molecule has 9 nitrogen and oxygen atoms in total. The van der Waals surface area contributed by atoms with Crippen molar-refractivity contribution >= 4 is 10.9 Å². The van der Waals surface area contributed by atoms with Gasteiger partial charge in [0.1, 0.15) is 12.3 Å². The molecule has 2 heterocycles. The van der Waals surface area contributed by atoms with Crippen molar-refractivity contribution in [2.75, 3.05) is 33.7 Å². The maximum atomic E-state index is 12.0. The Morgan fingerprint density at radius 2 is 1.48 bits per heavy atom. The minimum atomic E-state index is -1.47. The summed E-state index contributed by atoms with van der Waals surface area (Å²) in [5.74, 6) is 1.04. The third kappa shape index (κ3) is 8.79. The molecule has 0 unspecified atom stereocenters. The van der Waals surface area contributed by atoms with Crippen LogP contribution in [0.1, 0.15) is 79.4 Å². The molecule has 254 valence electrons. The second kappa shape index (κ2) is 16.2. The number of phenols is 1. The molecular formula is C39H49N4O5+. The van der Waals surface area contributed by atoms with E-state index >= 15 is 0 Å². The van der Waals surface area contributed by atoms with E-state index in [-0.39, 0.29) is 17.2 Å². The molecule has 3 aromatic carbocycles. The summed E-state index contributed by atoms with van der Waals surface area (Å²) >= 11 is 0. The van der Waals surface area contributed by atoms with E-state index < -0.39 is 11.7 Å². The molecule has 0 fully saturated rings. The first kappa shape index (κ1) is 35.0. The number of aromatic hydroxyl groups is 1. The highest BCUT2D eigenvalue weighted by atomic mass is 16.4. The number of aliphatic hydroxyl groups excluding tert-OH is 1. The van der Waals surface area contributed by atoms with Gasteiger partial charge in [-0.1, -0.05) is 92.4 Å². The molecule has 2 aromatic heterocycles. The molecule has 5 aromatic rings. The first-order valence-corrected chi connectivity index (χ1v) is 17.0. The fourth-order valence-corrected chi connectivity index (χ4v) is 6.39. The molecule has 1 atom stereocenters. The number of aromatic amines is 1. The van der Waals surface area contributed by atoms with E-state index in [1.165, 1.54) is 37.8 Å². The Morgan fingerprint density at radius 1 is 0.854 bits per heavy atom. The van der Waals surface area contributed by atoms with E-state index in [0.717, 1.165) is 42.6 Å². The molecule has 0 radical (unpaired) electrons. The van der Waals surface area contributed by atoms with Crippen molar-refractivity contribution < 1.29 is 24.2 Å². The van der Waals surface area contributed by atoms with Gasteiger partial charge in [-0.15, -0.1) is 0 Å². The van der Waals surface area contributed by atoms with Gasteiger partial charge in [0.15, 0.2) is 11.4 Å². The number of benzene rings is 3. The molecule has 0 amide bonds. The minimum absolute atomic E-state index is 0.00662. The summed E-state index contributed by atoms with van der Waals surface area (Å²) in [7, 11) is 4.41. The molecule has 5 N–H and O–H groups in total. The zero-order valence-electron chi connectivity index (χ0n) is 28.1. The number of rotatable bonds is 18. The number of hydrogen-bond acceptors (Lipinski definition) is 7. The van der Waals surface area contributed by atoms with E-state index in [1.54, 1.807) is 18.3 Å². The highest BCUT2D eigenvalue weighted by Gasteiger charge is 2.39. The number of oxazole rings is 1. The summed E-state index contributed by atoms with van der Waals surface area (Å²) < 4.78 is 7.01. The molecule has 0 spiro atoms. The Labute approximate surface area is 282 Å². The lowest BCUT2D eigenvalue weighted by Gasteiger charge is -2.29. The second-order valence-electron chi connectivity index (χ2n) is 13.4. The van der Waals surface area contributed by atoms with Crippen molar-refractivity contribution in [3.63, 3.8) is 0 Å². The van der Waals surface area contributed by atoms with Gasteiger partial charge >= 0.3 is 0 Å². The molecule has 9 heteroatoms. The minimum Gasteiger partial charge on any atom is -0.506 e. The monoisotopic (exact) mass is 653 g/mol. The fourth-order valence-electron chi connectivity index (χ4n) is 6.39. The van der Waals surface area contributed by atoms with Gasteiger partial charge in [0.25, 0.3) is 0 Å². The number of fused-ring (bicyclic) bond motifs is 1. The molecular weight excluding hydrogens is 604 g/mol. The largest absolute Gasteiger partial charge is 0.506 e. The third-order valence-corrected chi connectivity index (χ3v) is 9.05. The van der Waals surface area contributed by atoms with Crippen LogP contribution >= 0.6 is 0 Å². The number of H-pyrrole nitrogens is 1. The second-order valence-corrected chi connectivity index (χ2v) is 13.4. The lowest BCUT2D eigenvalue weighted by molar-refractivity contribution is -0.904. The fraction of sp³-hybridized carbons (Fsp3) is 0.385. The van der Waals surface area contributed by atoms with Crippen LogP contribution in [0.25, 0.3) is 10.9 Å². The van der Waals surface area contributed by atoms with E-state index in [2.05, 4.69) is 29.4 Å². The number of aromatic nitrogens is 2. The van der Waals surface area contributed by atoms with Gasteiger partial charge in [-0.2, -0.15) is 0 Å². The SMILES string of the molecule is C[N+](C)(CCCCCCCCCNC[C@@H](O)c1ccc(O)c2[nH]c(=O)ccc12)Cc1cnc(C(O)(c2ccccc2)c2ccccc2)o1. The number of pyridine rings is 1. The molecule has 0 aliphatic carbocycles. The van der Waals surface area contributed by atoms with Crippen LogP contribution in [0.15, 0.2) is 100 Å². The van der Waals surface area contributed by atoms with Crippen LogP contribution in [0.4, 0.5) is 0 Å². The first-order valence-electron chi connectivity index (χ1n) is 17.0.